The summed E-state index contributed by atoms with van der Waals surface area (Å²) in [6.07, 6.45) is 0. The van der Waals surface area contributed by atoms with Crippen molar-refractivity contribution in [3.05, 3.63) is 243 Å². The molecule has 0 aliphatic rings. The first-order valence-electron chi connectivity index (χ1n) is 23.4. The van der Waals surface area contributed by atoms with Crippen LogP contribution in [0.5, 0.6) is 0 Å². The highest BCUT2D eigenvalue weighted by atomic mass is 15.1. The average Bonchev–Trinajstić information content (AvgIpc) is 4.07. The van der Waals surface area contributed by atoms with Gasteiger partial charge in [-0.15, -0.1) is 0 Å². The van der Waals surface area contributed by atoms with Crippen LogP contribution in [0, 0.1) is 0 Å². The molecule has 14 aromatic rings. The van der Waals surface area contributed by atoms with Crippen LogP contribution in [0.15, 0.2) is 243 Å². The van der Waals surface area contributed by atoms with E-state index in [2.05, 4.69) is 220 Å². The van der Waals surface area contributed by atoms with Crippen molar-refractivity contribution < 1.29 is 0 Å². The molecular weight excluding hydrogens is 841 g/mol. The number of rotatable bonds is 7. The summed E-state index contributed by atoms with van der Waals surface area (Å²) >= 11 is 0. The van der Waals surface area contributed by atoms with Crippen molar-refractivity contribution in [2.75, 3.05) is 0 Å². The molecule has 0 aliphatic carbocycles. The fourth-order valence-corrected chi connectivity index (χ4v) is 10.7. The van der Waals surface area contributed by atoms with Crippen molar-refractivity contribution in [2.24, 2.45) is 0 Å². The third kappa shape index (κ3) is 6.16. The van der Waals surface area contributed by atoms with E-state index in [1.807, 2.05) is 36.4 Å². The van der Waals surface area contributed by atoms with E-state index in [1.54, 1.807) is 0 Å². The van der Waals surface area contributed by atoms with Gasteiger partial charge in [0.25, 0.3) is 0 Å². The van der Waals surface area contributed by atoms with Gasteiger partial charge in [0.2, 0.25) is 0 Å². The Labute approximate surface area is 397 Å². The fraction of sp³-hybridized carbons (Fsp3) is 0. The molecule has 10 aromatic carbocycles. The maximum Gasteiger partial charge on any atom is 0.166 e. The first-order valence-corrected chi connectivity index (χ1v) is 23.4. The van der Waals surface area contributed by atoms with Gasteiger partial charge in [0.05, 0.1) is 44.5 Å². The SMILES string of the molecule is c1ccc(-c2nc(-c3ccccc3)nc(-c3cc(-c4ccccc4-n4c5ccccc5c5ccccc54)ccc3-n3c4ccccc4c4cc(-n5c6ccccc6c6ccccc65)ccc43)n2)cc1. The second kappa shape index (κ2) is 15.6. The zero-order valence-corrected chi connectivity index (χ0v) is 37.3. The van der Waals surface area contributed by atoms with E-state index in [0.717, 1.165) is 77.7 Å². The Bertz CT molecular complexity index is 4150. The first-order chi connectivity index (χ1) is 34.2. The molecule has 14 rings (SSSR count). The smallest absolute Gasteiger partial charge is 0.166 e. The predicted octanol–water partition coefficient (Wildman–Crippen LogP) is 15.8. The Morgan fingerprint density at radius 3 is 1.14 bits per heavy atom. The van der Waals surface area contributed by atoms with Gasteiger partial charge in [0.15, 0.2) is 17.5 Å². The van der Waals surface area contributed by atoms with Gasteiger partial charge in [-0.05, 0) is 72.3 Å². The minimum Gasteiger partial charge on any atom is -0.309 e. The average molecular weight is 881 g/mol. The highest BCUT2D eigenvalue weighted by molar-refractivity contribution is 6.13. The summed E-state index contributed by atoms with van der Waals surface area (Å²) < 4.78 is 7.19. The number of aromatic nitrogens is 6. The number of benzene rings is 10. The summed E-state index contributed by atoms with van der Waals surface area (Å²) in [7, 11) is 0. The lowest BCUT2D eigenvalue weighted by Gasteiger charge is -2.18. The van der Waals surface area contributed by atoms with E-state index in [9.17, 15) is 0 Å². The van der Waals surface area contributed by atoms with Crippen LogP contribution in [-0.2, 0) is 0 Å². The van der Waals surface area contributed by atoms with E-state index < -0.39 is 0 Å². The molecule has 4 heterocycles. The summed E-state index contributed by atoms with van der Waals surface area (Å²) in [4.78, 5) is 15.9. The number of para-hydroxylation sites is 6. The van der Waals surface area contributed by atoms with Crippen molar-refractivity contribution in [2.45, 2.75) is 0 Å². The Hall–Kier alpha value is -9.39. The summed E-state index contributed by atoms with van der Waals surface area (Å²) in [6.45, 7) is 0. The van der Waals surface area contributed by atoms with Crippen molar-refractivity contribution in [1.29, 1.82) is 0 Å². The highest BCUT2D eigenvalue weighted by Gasteiger charge is 2.23. The molecule has 0 unspecified atom stereocenters. The summed E-state index contributed by atoms with van der Waals surface area (Å²) in [5, 5.41) is 7.23. The van der Waals surface area contributed by atoms with Gasteiger partial charge in [0, 0.05) is 60.3 Å². The second-order valence-corrected chi connectivity index (χ2v) is 17.6. The van der Waals surface area contributed by atoms with Crippen molar-refractivity contribution in [1.82, 2.24) is 28.7 Å². The molecule has 0 spiro atoms. The zero-order valence-electron chi connectivity index (χ0n) is 37.3. The van der Waals surface area contributed by atoms with E-state index >= 15 is 0 Å². The van der Waals surface area contributed by atoms with Gasteiger partial charge in [-0.25, -0.2) is 15.0 Å². The molecule has 0 radical (unpaired) electrons. The lowest BCUT2D eigenvalue weighted by Crippen LogP contribution is -2.04. The third-order valence-corrected chi connectivity index (χ3v) is 13.7. The van der Waals surface area contributed by atoms with Gasteiger partial charge in [0.1, 0.15) is 0 Å². The van der Waals surface area contributed by atoms with Crippen LogP contribution >= 0.6 is 0 Å². The second-order valence-electron chi connectivity index (χ2n) is 17.6. The molecule has 6 nitrogen and oxygen atoms in total. The van der Waals surface area contributed by atoms with Crippen LogP contribution in [-0.4, -0.2) is 28.7 Å². The van der Waals surface area contributed by atoms with E-state index in [4.69, 9.17) is 15.0 Å². The molecule has 0 bridgehead atoms. The molecule has 0 saturated heterocycles. The Morgan fingerprint density at radius 1 is 0.232 bits per heavy atom. The molecule has 0 N–H and O–H groups in total. The number of fused-ring (bicyclic) bond motifs is 9. The van der Waals surface area contributed by atoms with Gasteiger partial charge in [-0.3, -0.25) is 0 Å². The van der Waals surface area contributed by atoms with Gasteiger partial charge in [-0.1, -0.05) is 176 Å². The van der Waals surface area contributed by atoms with Crippen LogP contribution in [0.3, 0.4) is 0 Å². The molecule has 0 amide bonds. The van der Waals surface area contributed by atoms with Crippen molar-refractivity contribution >= 4 is 65.4 Å². The minimum atomic E-state index is 0.585. The maximum atomic E-state index is 5.38. The highest BCUT2D eigenvalue weighted by Crippen LogP contribution is 2.42. The van der Waals surface area contributed by atoms with Crippen LogP contribution in [0.1, 0.15) is 0 Å². The number of hydrogen-bond donors (Lipinski definition) is 0. The zero-order chi connectivity index (χ0) is 45.4. The van der Waals surface area contributed by atoms with Crippen molar-refractivity contribution in [3.63, 3.8) is 0 Å². The minimum absolute atomic E-state index is 0.585. The van der Waals surface area contributed by atoms with Gasteiger partial charge < -0.3 is 13.7 Å². The number of hydrogen-bond acceptors (Lipinski definition) is 3. The topological polar surface area (TPSA) is 53.5 Å². The molecule has 6 heteroatoms. The normalized spacial score (nSPS) is 11.8. The monoisotopic (exact) mass is 880 g/mol. The van der Waals surface area contributed by atoms with Crippen molar-refractivity contribution in [3.8, 4) is 62.4 Å². The molecule has 0 aliphatic heterocycles. The predicted molar refractivity (Wildman–Crippen MR) is 285 cm³/mol. The van der Waals surface area contributed by atoms with Gasteiger partial charge in [-0.2, -0.15) is 0 Å². The molecular formula is C63H40N6. The maximum absolute atomic E-state index is 5.38. The van der Waals surface area contributed by atoms with Crippen LogP contribution in [0.4, 0.5) is 0 Å². The fourth-order valence-electron chi connectivity index (χ4n) is 10.7. The third-order valence-electron chi connectivity index (χ3n) is 13.7. The summed E-state index contributed by atoms with van der Waals surface area (Å²) in [5.41, 5.74) is 14.9. The van der Waals surface area contributed by atoms with Crippen LogP contribution in [0.2, 0.25) is 0 Å². The Kier molecular flexibility index (Phi) is 8.79. The number of nitrogens with zero attached hydrogens (tertiary/aromatic N) is 6. The van der Waals surface area contributed by atoms with E-state index in [-0.39, 0.29) is 0 Å². The molecule has 322 valence electrons. The molecule has 4 aromatic heterocycles. The lowest BCUT2D eigenvalue weighted by molar-refractivity contribution is 1.06. The molecule has 69 heavy (non-hydrogen) atoms. The summed E-state index contributed by atoms with van der Waals surface area (Å²) in [5.74, 6) is 1.81. The Balaban J connectivity index is 1.05. The Morgan fingerprint density at radius 2 is 0.623 bits per heavy atom. The van der Waals surface area contributed by atoms with E-state index in [1.165, 1.54) is 32.6 Å². The van der Waals surface area contributed by atoms with Crippen LogP contribution in [0.25, 0.3) is 128 Å². The summed E-state index contributed by atoms with van der Waals surface area (Å²) in [6, 6.07) is 86.3. The molecule has 0 saturated carbocycles. The van der Waals surface area contributed by atoms with E-state index in [0.29, 0.717) is 17.5 Å². The lowest BCUT2D eigenvalue weighted by atomic mass is 9.99. The molecule has 0 atom stereocenters. The molecule has 0 fully saturated rings. The quantitative estimate of drug-likeness (QED) is 0.160. The van der Waals surface area contributed by atoms with Crippen LogP contribution < -0.4 is 0 Å². The standard InChI is InChI=1S/C63H40N6/c1-3-19-41(20-4-1)61-64-62(42-21-5-2-6-22-42)66-63(65-61)52-39-43(45-23-7-13-29-53(45)68-56-32-16-10-26-48(56)49-27-11-17-33-57(49)68)35-37-60(52)69-58-34-18-12-28-50(58)51-40-44(36-38-59(51)69)67-54-30-14-8-24-46(54)47-25-9-15-31-55(47)67/h1-40H. The largest absolute Gasteiger partial charge is 0.309 e. The van der Waals surface area contributed by atoms with Gasteiger partial charge >= 0.3 is 0 Å². The first kappa shape index (κ1) is 38.8.